The SMILES string of the molecule is CCN(C(=O)CSc1nc2cc(Cl)ccc2n1CCOC)c1ccc(F)cc1. The van der Waals surface area contributed by atoms with E-state index in [-0.39, 0.29) is 17.5 Å². The van der Waals surface area contributed by atoms with E-state index in [2.05, 4.69) is 4.98 Å². The van der Waals surface area contributed by atoms with E-state index in [0.717, 1.165) is 16.2 Å². The first kappa shape index (κ1) is 20.6. The third-order valence-electron chi connectivity index (χ3n) is 4.27. The predicted octanol–water partition coefficient (Wildman–Crippen LogP) is 4.62. The zero-order valence-electron chi connectivity index (χ0n) is 15.7. The number of fused-ring (bicyclic) bond motifs is 1. The molecule has 3 rings (SSSR count). The Balaban J connectivity index is 1.79. The number of amides is 1. The van der Waals surface area contributed by atoms with Gasteiger partial charge in [-0.25, -0.2) is 9.37 Å². The van der Waals surface area contributed by atoms with Crippen LogP contribution in [0.4, 0.5) is 10.1 Å². The number of carbonyl (C=O) groups excluding carboxylic acids is 1. The highest BCUT2D eigenvalue weighted by molar-refractivity contribution is 7.99. The van der Waals surface area contributed by atoms with Crippen molar-refractivity contribution >= 4 is 46.0 Å². The number of thioether (sulfide) groups is 1. The molecule has 0 atom stereocenters. The van der Waals surface area contributed by atoms with Gasteiger partial charge in [-0.3, -0.25) is 4.79 Å². The highest BCUT2D eigenvalue weighted by Crippen LogP contribution is 2.27. The van der Waals surface area contributed by atoms with Gasteiger partial charge in [-0.1, -0.05) is 23.4 Å². The molecule has 8 heteroatoms. The summed E-state index contributed by atoms with van der Waals surface area (Å²) in [6.07, 6.45) is 0. The van der Waals surface area contributed by atoms with Crippen LogP contribution < -0.4 is 4.90 Å². The summed E-state index contributed by atoms with van der Waals surface area (Å²) in [5, 5.41) is 1.35. The highest BCUT2D eigenvalue weighted by atomic mass is 35.5. The molecule has 3 aromatic rings. The molecular weight excluding hydrogens is 401 g/mol. The van der Waals surface area contributed by atoms with Crippen molar-refractivity contribution in [1.82, 2.24) is 9.55 Å². The van der Waals surface area contributed by atoms with Gasteiger partial charge in [-0.15, -0.1) is 0 Å². The van der Waals surface area contributed by atoms with Crippen LogP contribution in [0.5, 0.6) is 0 Å². The average Bonchev–Trinajstić information content (AvgIpc) is 3.03. The minimum atomic E-state index is -0.327. The first-order chi connectivity index (χ1) is 13.5. The molecule has 0 saturated heterocycles. The Morgan fingerprint density at radius 1 is 1.29 bits per heavy atom. The lowest BCUT2D eigenvalue weighted by Gasteiger charge is -2.21. The smallest absolute Gasteiger partial charge is 0.237 e. The molecule has 0 bridgehead atoms. The summed E-state index contributed by atoms with van der Waals surface area (Å²) in [7, 11) is 1.65. The number of methoxy groups -OCH3 is 1. The largest absolute Gasteiger partial charge is 0.383 e. The van der Waals surface area contributed by atoms with Crippen LogP contribution in [0, 0.1) is 5.82 Å². The molecule has 1 heterocycles. The second-order valence-electron chi connectivity index (χ2n) is 6.07. The minimum Gasteiger partial charge on any atom is -0.383 e. The molecule has 0 aliphatic carbocycles. The molecule has 0 unspecified atom stereocenters. The summed E-state index contributed by atoms with van der Waals surface area (Å²) < 4.78 is 20.4. The van der Waals surface area contributed by atoms with Gasteiger partial charge in [0, 0.05) is 30.9 Å². The van der Waals surface area contributed by atoms with Gasteiger partial charge in [0.05, 0.1) is 23.4 Å². The highest BCUT2D eigenvalue weighted by Gasteiger charge is 2.17. The van der Waals surface area contributed by atoms with Crippen molar-refractivity contribution in [1.29, 1.82) is 0 Å². The van der Waals surface area contributed by atoms with Gasteiger partial charge in [0.2, 0.25) is 5.91 Å². The van der Waals surface area contributed by atoms with Crippen LogP contribution in [-0.4, -0.2) is 41.5 Å². The quantitative estimate of drug-likeness (QED) is 0.498. The maximum Gasteiger partial charge on any atom is 0.237 e. The van der Waals surface area contributed by atoms with Crippen LogP contribution in [0.15, 0.2) is 47.6 Å². The van der Waals surface area contributed by atoms with Gasteiger partial charge >= 0.3 is 0 Å². The Kier molecular flexibility index (Phi) is 6.93. The van der Waals surface area contributed by atoms with Crippen molar-refractivity contribution in [3.05, 3.63) is 53.3 Å². The number of ether oxygens (including phenoxy) is 1. The Morgan fingerprint density at radius 3 is 2.71 bits per heavy atom. The fourth-order valence-electron chi connectivity index (χ4n) is 2.92. The number of anilines is 1. The molecule has 0 aliphatic rings. The van der Waals surface area contributed by atoms with Crippen molar-refractivity contribution in [3.8, 4) is 0 Å². The molecule has 0 aliphatic heterocycles. The van der Waals surface area contributed by atoms with Crippen molar-refractivity contribution < 1.29 is 13.9 Å². The Bertz CT molecular complexity index is 962. The molecule has 0 saturated carbocycles. The summed E-state index contributed by atoms with van der Waals surface area (Å²) in [5.74, 6) is -0.176. The molecule has 1 amide bonds. The van der Waals surface area contributed by atoms with E-state index in [1.165, 1.54) is 23.9 Å². The molecule has 0 spiro atoms. The van der Waals surface area contributed by atoms with E-state index in [1.54, 1.807) is 24.1 Å². The van der Waals surface area contributed by atoms with Crippen molar-refractivity contribution in [2.45, 2.75) is 18.6 Å². The maximum atomic E-state index is 13.2. The molecule has 0 N–H and O–H groups in total. The number of rotatable bonds is 8. The summed E-state index contributed by atoms with van der Waals surface area (Å²) in [6, 6.07) is 11.5. The van der Waals surface area contributed by atoms with E-state index < -0.39 is 0 Å². The number of halogens is 2. The number of benzene rings is 2. The first-order valence-electron chi connectivity index (χ1n) is 8.87. The van der Waals surface area contributed by atoms with Gasteiger partial charge in [0.1, 0.15) is 5.82 Å². The summed E-state index contributed by atoms with van der Waals surface area (Å²) in [5.41, 5.74) is 2.40. The number of hydrogen-bond acceptors (Lipinski definition) is 4. The van der Waals surface area contributed by atoms with Crippen LogP contribution in [0.1, 0.15) is 6.92 Å². The van der Waals surface area contributed by atoms with Crippen molar-refractivity contribution in [2.24, 2.45) is 0 Å². The van der Waals surface area contributed by atoms with Gasteiger partial charge < -0.3 is 14.2 Å². The second-order valence-corrected chi connectivity index (χ2v) is 7.45. The number of carbonyl (C=O) groups is 1. The normalized spacial score (nSPS) is 11.1. The third kappa shape index (κ3) is 4.66. The third-order valence-corrected chi connectivity index (χ3v) is 5.47. The molecule has 148 valence electrons. The standard InChI is InChI=1S/C20H21ClFN3O2S/c1-3-24(16-7-5-15(22)6-8-16)19(26)13-28-20-23-17-12-14(21)4-9-18(17)25(20)10-11-27-2/h4-9,12H,3,10-11,13H2,1-2H3. The van der Waals surface area contributed by atoms with E-state index in [1.807, 2.05) is 29.7 Å². The molecule has 0 fully saturated rings. The molecule has 0 radical (unpaired) electrons. The fraction of sp³-hybridized carbons (Fsp3) is 0.300. The molecule has 2 aromatic carbocycles. The van der Waals surface area contributed by atoms with Crippen LogP contribution in [-0.2, 0) is 16.1 Å². The first-order valence-corrected chi connectivity index (χ1v) is 10.2. The number of nitrogens with zero attached hydrogens (tertiary/aromatic N) is 3. The predicted molar refractivity (Wildman–Crippen MR) is 112 cm³/mol. The van der Waals surface area contributed by atoms with Crippen molar-refractivity contribution in [2.75, 3.05) is 30.9 Å². The van der Waals surface area contributed by atoms with E-state index >= 15 is 0 Å². The lowest BCUT2D eigenvalue weighted by atomic mass is 10.3. The van der Waals surface area contributed by atoms with Crippen molar-refractivity contribution in [3.63, 3.8) is 0 Å². The summed E-state index contributed by atoms with van der Waals surface area (Å²) in [4.78, 5) is 19.0. The molecule has 5 nitrogen and oxygen atoms in total. The Hall–Kier alpha value is -2.09. The van der Waals surface area contributed by atoms with Gasteiger partial charge in [-0.2, -0.15) is 0 Å². The lowest BCUT2D eigenvalue weighted by Crippen LogP contribution is -2.32. The van der Waals surface area contributed by atoms with Crippen LogP contribution in [0.3, 0.4) is 0 Å². The zero-order valence-corrected chi connectivity index (χ0v) is 17.3. The summed E-state index contributed by atoms with van der Waals surface area (Å²) >= 11 is 7.45. The topological polar surface area (TPSA) is 47.4 Å². The van der Waals surface area contributed by atoms with E-state index in [9.17, 15) is 9.18 Å². The molecular formula is C20H21ClFN3O2S. The second kappa shape index (κ2) is 9.41. The van der Waals surface area contributed by atoms with Crippen LogP contribution in [0.25, 0.3) is 11.0 Å². The minimum absolute atomic E-state index is 0.0671. The van der Waals surface area contributed by atoms with Crippen LogP contribution >= 0.6 is 23.4 Å². The van der Waals surface area contributed by atoms with Gasteiger partial charge in [0.25, 0.3) is 0 Å². The number of aromatic nitrogens is 2. The van der Waals surface area contributed by atoms with E-state index in [0.29, 0.717) is 30.4 Å². The van der Waals surface area contributed by atoms with Crippen LogP contribution in [0.2, 0.25) is 5.02 Å². The fourth-order valence-corrected chi connectivity index (χ4v) is 4.00. The monoisotopic (exact) mass is 421 g/mol. The molecule has 28 heavy (non-hydrogen) atoms. The summed E-state index contributed by atoms with van der Waals surface area (Å²) in [6.45, 7) is 3.55. The lowest BCUT2D eigenvalue weighted by molar-refractivity contribution is -0.116. The zero-order chi connectivity index (χ0) is 20.1. The Labute approximate surface area is 172 Å². The maximum absolute atomic E-state index is 13.2. The van der Waals surface area contributed by atoms with Gasteiger partial charge in [0.15, 0.2) is 5.16 Å². The average molecular weight is 422 g/mol. The van der Waals surface area contributed by atoms with Gasteiger partial charge in [-0.05, 0) is 49.4 Å². The molecule has 1 aromatic heterocycles. The number of hydrogen-bond donors (Lipinski definition) is 0. The Morgan fingerprint density at radius 2 is 2.04 bits per heavy atom. The number of imidazole rings is 1. The van der Waals surface area contributed by atoms with E-state index in [4.69, 9.17) is 16.3 Å².